The van der Waals surface area contributed by atoms with Gasteiger partial charge in [0.15, 0.2) is 11.6 Å². The number of rotatable bonds is 8. The maximum absolute atomic E-state index is 14.0. The van der Waals surface area contributed by atoms with Crippen molar-refractivity contribution in [2.24, 2.45) is 23.5 Å². The van der Waals surface area contributed by atoms with E-state index in [2.05, 4.69) is 37.8 Å². The van der Waals surface area contributed by atoms with E-state index >= 15 is 0 Å². The third kappa shape index (κ3) is 5.14. The maximum atomic E-state index is 14.0. The Morgan fingerprint density at radius 3 is 2.42 bits per heavy atom. The van der Waals surface area contributed by atoms with E-state index in [-0.39, 0.29) is 16.9 Å². The first-order chi connectivity index (χ1) is 20.4. The third-order valence-corrected chi connectivity index (χ3v) is 9.31. The summed E-state index contributed by atoms with van der Waals surface area (Å²) in [5.74, 6) is -5.63. The van der Waals surface area contributed by atoms with Gasteiger partial charge in [0.1, 0.15) is 22.8 Å². The van der Waals surface area contributed by atoms with Gasteiger partial charge in [0, 0.05) is 18.2 Å². The molecule has 0 spiro atoms. The van der Waals surface area contributed by atoms with Crippen LogP contribution in [0.2, 0.25) is 0 Å². The van der Waals surface area contributed by atoms with Gasteiger partial charge in [-0.25, -0.2) is 0 Å². The molecular weight excluding hydrogens is 546 g/mol. The number of carbonyl (C=O) groups excluding carboxylic acids is 3. The molecule has 9 heteroatoms. The second-order valence-electron chi connectivity index (χ2n) is 12.6. The summed E-state index contributed by atoms with van der Waals surface area (Å²) in [6.07, 6.45) is 1.72. The summed E-state index contributed by atoms with van der Waals surface area (Å²) in [7, 11) is 3.43. The van der Waals surface area contributed by atoms with Gasteiger partial charge in [0.25, 0.3) is 5.91 Å². The number of aliphatic hydroxyl groups is 2. The van der Waals surface area contributed by atoms with Gasteiger partial charge in [-0.3, -0.25) is 24.2 Å². The molecular formula is C34H41N3O6. The molecule has 3 aliphatic rings. The summed E-state index contributed by atoms with van der Waals surface area (Å²) >= 11 is 0. The van der Waals surface area contributed by atoms with Crippen LogP contribution in [-0.4, -0.2) is 75.3 Å². The Morgan fingerprint density at radius 1 is 1.07 bits per heavy atom. The number of allylic oxidation sites excluding steroid dienone is 2. The molecule has 0 heterocycles. The van der Waals surface area contributed by atoms with Crippen molar-refractivity contribution in [3.05, 3.63) is 75.8 Å². The normalized spacial score (nSPS) is 23.6. The fourth-order valence-corrected chi connectivity index (χ4v) is 7.42. The summed E-state index contributed by atoms with van der Waals surface area (Å²) in [4.78, 5) is 43.7. The minimum atomic E-state index is -1.20. The lowest BCUT2D eigenvalue weighted by molar-refractivity contribution is -0.127. The van der Waals surface area contributed by atoms with Crippen LogP contribution in [0.15, 0.2) is 59.1 Å². The van der Waals surface area contributed by atoms with Gasteiger partial charge in [-0.1, -0.05) is 31.2 Å². The molecule has 0 bridgehead atoms. The van der Waals surface area contributed by atoms with E-state index in [4.69, 9.17) is 5.73 Å². The molecule has 3 aliphatic carbocycles. The number of hydrogen-bond donors (Lipinski definition) is 4. The topological polar surface area (TPSA) is 144 Å². The van der Waals surface area contributed by atoms with Gasteiger partial charge in [0.2, 0.25) is 0 Å². The number of likely N-dealkylation sites (N-methyl/N-ethyl adjacent to an activating group) is 1. The smallest absolute Gasteiger partial charge is 0.255 e. The van der Waals surface area contributed by atoms with Crippen molar-refractivity contribution in [1.29, 1.82) is 0 Å². The molecule has 43 heavy (non-hydrogen) atoms. The van der Waals surface area contributed by atoms with E-state index in [0.29, 0.717) is 24.4 Å². The summed E-state index contributed by atoms with van der Waals surface area (Å²) < 4.78 is 0. The number of phenols is 1. The van der Waals surface area contributed by atoms with Crippen molar-refractivity contribution in [3.63, 3.8) is 0 Å². The number of nitrogens with two attached hydrogens (primary N) is 1. The number of carbonyl (C=O) groups is 3. The van der Waals surface area contributed by atoms with Gasteiger partial charge in [0.05, 0.1) is 17.5 Å². The van der Waals surface area contributed by atoms with Crippen LogP contribution in [0.3, 0.4) is 0 Å². The number of ketones is 2. The van der Waals surface area contributed by atoms with Crippen LogP contribution in [-0.2, 0) is 22.6 Å². The van der Waals surface area contributed by atoms with Crippen molar-refractivity contribution in [2.45, 2.75) is 58.7 Å². The average Bonchev–Trinajstić information content (AvgIpc) is 2.92. The number of phenolic OH excluding ortho intramolecular Hbond substituents is 1. The van der Waals surface area contributed by atoms with Crippen molar-refractivity contribution in [3.8, 4) is 16.9 Å². The molecule has 0 aliphatic heterocycles. The van der Waals surface area contributed by atoms with Gasteiger partial charge in [-0.2, -0.15) is 0 Å². The number of nitrogens with zero attached hydrogens (tertiary/aromatic N) is 2. The summed E-state index contributed by atoms with van der Waals surface area (Å²) in [6, 6.07) is 11.2. The summed E-state index contributed by atoms with van der Waals surface area (Å²) in [5.41, 5.74) is 8.71. The zero-order valence-electron chi connectivity index (χ0n) is 25.4. The van der Waals surface area contributed by atoms with Crippen LogP contribution in [0.1, 0.15) is 55.1 Å². The molecule has 0 saturated heterocycles. The fraction of sp³-hybridized carbons (Fsp3) is 0.441. The molecule has 3 unspecified atom stereocenters. The van der Waals surface area contributed by atoms with Crippen LogP contribution >= 0.6 is 0 Å². The Hall–Kier alpha value is -3.95. The monoisotopic (exact) mass is 587 g/mol. The third-order valence-electron chi connectivity index (χ3n) is 9.31. The first-order valence-corrected chi connectivity index (χ1v) is 15.0. The number of benzene rings is 2. The minimum Gasteiger partial charge on any atom is -0.511 e. The molecule has 2 aromatic rings. The standard InChI is InChI=1S/C34H41N3O6/c1-6-12-37(17(2)3)16-18-8-7-9-19(13-18)21-10-11-24(38)26-22(21)14-20-15-23-27(31(40)25(20)30(26)39)32(41)28(34(35)43)33(42)29(23)36(4)5/h7-11,13,17,20,23,27,29,38,40,42H,6,12,14-16H2,1-5H3,(H2,35,43)/t20?,23?,27?,29-/m0/s1. The molecule has 0 aromatic heterocycles. The van der Waals surface area contributed by atoms with E-state index in [1.54, 1.807) is 19.0 Å². The number of primary amides is 1. The highest BCUT2D eigenvalue weighted by molar-refractivity contribution is 6.22. The molecule has 2 aromatic carbocycles. The fourth-order valence-electron chi connectivity index (χ4n) is 7.42. The van der Waals surface area contributed by atoms with Crippen LogP contribution < -0.4 is 5.73 Å². The summed E-state index contributed by atoms with van der Waals surface area (Å²) in [6.45, 7) is 8.30. The average molecular weight is 588 g/mol. The molecule has 5 rings (SSSR count). The number of amides is 1. The zero-order valence-corrected chi connectivity index (χ0v) is 25.4. The van der Waals surface area contributed by atoms with E-state index < -0.39 is 58.4 Å². The second-order valence-corrected chi connectivity index (χ2v) is 12.6. The van der Waals surface area contributed by atoms with E-state index in [1.807, 2.05) is 18.2 Å². The van der Waals surface area contributed by atoms with Gasteiger partial charge in [-0.15, -0.1) is 0 Å². The molecule has 0 fully saturated rings. The summed E-state index contributed by atoms with van der Waals surface area (Å²) in [5, 5.41) is 33.4. The molecule has 228 valence electrons. The predicted molar refractivity (Wildman–Crippen MR) is 163 cm³/mol. The molecule has 0 radical (unpaired) electrons. The number of Topliss-reactive ketones (excluding diaryl/α,β-unsaturated/α-hetero) is 2. The zero-order chi connectivity index (χ0) is 31.3. The number of aliphatic hydroxyl groups excluding tert-OH is 2. The molecule has 0 saturated carbocycles. The van der Waals surface area contributed by atoms with Crippen molar-refractivity contribution >= 4 is 17.5 Å². The number of hydrogen-bond acceptors (Lipinski definition) is 8. The van der Waals surface area contributed by atoms with Gasteiger partial charge < -0.3 is 21.1 Å². The molecule has 9 nitrogen and oxygen atoms in total. The first kappa shape index (κ1) is 30.5. The van der Waals surface area contributed by atoms with Gasteiger partial charge >= 0.3 is 0 Å². The highest BCUT2D eigenvalue weighted by atomic mass is 16.3. The van der Waals surface area contributed by atoms with Crippen LogP contribution in [0, 0.1) is 17.8 Å². The van der Waals surface area contributed by atoms with Crippen LogP contribution in [0.5, 0.6) is 5.75 Å². The molecule has 1 amide bonds. The van der Waals surface area contributed by atoms with Crippen molar-refractivity contribution < 1.29 is 29.7 Å². The van der Waals surface area contributed by atoms with E-state index in [9.17, 15) is 29.7 Å². The Kier molecular flexibility index (Phi) is 8.24. The molecule has 4 atom stereocenters. The lowest BCUT2D eigenvalue weighted by Gasteiger charge is -2.46. The highest BCUT2D eigenvalue weighted by Gasteiger charge is 2.54. The quantitative estimate of drug-likeness (QED) is 0.335. The largest absolute Gasteiger partial charge is 0.511 e. The van der Waals surface area contributed by atoms with E-state index in [0.717, 1.165) is 36.2 Å². The van der Waals surface area contributed by atoms with E-state index in [1.165, 1.54) is 6.07 Å². The highest BCUT2D eigenvalue weighted by Crippen LogP contribution is 2.51. The Morgan fingerprint density at radius 2 is 1.79 bits per heavy atom. The maximum Gasteiger partial charge on any atom is 0.255 e. The Labute approximate surface area is 252 Å². The SMILES string of the molecule is CCCN(Cc1cccc(-c2ccc(O)c3c2CC2CC4C(C(=O)C(C(N)=O)=C(O)[C@H]4N(C)C)C(O)=C2C3=O)c1)C(C)C. The second kappa shape index (κ2) is 11.6. The minimum absolute atomic E-state index is 0.0816. The van der Waals surface area contributed by atoms with Crippen molar-refractivity contribution in [2.75, 3.05) is 20.6 Å². The number of fused-ring (bicyclic) bond motifs is 3. The first-order valence-electron chi connectivity index (χ1n) is 15.0. The number of aromatic hydroxyl groups is 1. The lowest BCUT2D eigenvalue weighted by atomic mass is 9.60. The van der Waals surface area contributed by atoms with Crippen LogP contribution in [0.25, 0.3) is 11.1 Å². The predicted octanol–water partition coefficient (Wildman–Crippen LogP) is 4.29. The lowest BCUT2D eigenvalue weighted by Crippen LogP contribution is -2.53. The Balaban J connectivity index is 1.59. The van der Waals surface area contributed by atoms with Gasteiger partial charge in [-0.05, 0) is 100.0 Å². The van der Waals surface area contributed by atoms with Crippen molar-refractivity contribution in [1.82, 2.24) is 9.80 Å². The Bertz CT molecular complexity index is 1560. The molecule has 5 N–H and O–H groups in total. The van der Waals surface area contributed by atoms with Crippen LogP contribution in [0.4, 0.5) is 0 Å².